The summed E-state index contributed by atoms with van der Waals surface area (Å²) in [4.78, 5) is 2.00. The molecule has 4 heteroatoms. The fourth-order valence-corrected chi connectivity index (χ4v) is 1.69. The molecule has 0 saturated heterocycles. The molecule has 0 radical (unpaired) electrons. The lowest BCUT2D eigenvalue weighted by atomic mass is 10.1. The molecule has 0 fully saturated rings. The molecule has 4 nitrogen and oxygen atoms in total. The molecule has 1 aromatic carbocycles. The number of aromatic hydroxyl groups is 2. The zero-order valence-corrected chi connectivity index (χ0v) is 7.41. The van der Waals surface area contributed by atoms with Crippen molar-refractivity contribution in [2.45, 2.75) is 6.42 Å². The van der Waals surface area contributed by atoms with Gasteiger partial charge in [-0.15, -0.1) is 0 Å². The van der Waals surface area contributed by atoms with Gasteiger partial charge in [0.05, 0.1) is 5.69 Å². The molecule has 1 heterocycles. The van der Waals surface area contributed by atoms with Crippen LogP contribution in [0.15, 0.2) is 6.07 Å². The first kappa shape index (κ1) is 8.04. The highest BCUT2D eigenvalue weighted by Crippen LogP contribution is 2.43. The standard InChI is InChI=1S/C9H12N2O2/c1-11-3-2-5-7(11)4-6(10)9(13)8(5)12/h4,12-13H,2-3,10H2,1H3. The number of anilines is 2. The van der Waals surface area contributed by atoms with Crippen LogP contribution in [0.3, 0.4) is 0 Å². The molecular weight excluding hydrogens is 168 g/mol. The lowest BCUT2D eigenvalue weighted by Gasteiger charge is -2.13. The first-order chi connectivity index (χ1) is 6.11. The minimum absolute atomic E-state index is 0.0700. The number of phenols is 2. The molecule has 0 bridgehead atoms. The molecule has 0 saturated carbocycles. The summed E-state index contributed by atoms with van der Waals surface area (Å²) in [5, 5.41) is 18.9. The van der Waals surface area contributed by atoms with Crippen LogP contribution >= 0.6 is 0 Å². The molecular formula is C9H12N2O2. The summed E-state index contributed by atoms with van der Waals surface area (Å²) in [7, 11) is 1.93. The molecule has 0 unspecified atom stereocenters. The van der Waals surface area contributed by atoms with E-state index in [1.54, 1.807) is 6.07 Å². The van der Waals surface area contributed by atoms with Gasteiger partial charge in [-0.1, -0.05) is 0 Å². The number of likely N-dealkylation sites (N-methyl/N-ethyl adjacent to an activating group) is 1. The van der Waals surface area contributed by atoms with E-state index < -0.39 is 0 Å². The van der Waals surface area contributed by atoms with E-state index >= 15 is 0 Å². The highest BCUT2D eigenvalue weighted by Gasteiger charge is 2.22. The van der Waals surface area contributed by atoms with Crippen molar-refractivity contribution >= 4 is 11.4 Å². The molecule has 1 aliphatic rings. The monoisotopic (exact) mass is 180 g/mol. The predicted octanol–water partition coefficient (Wildman–Crippen LogP) is 0.672. The molecule has 0 aliphatic carbocycles. The molecule has 1 aliphatic heterocycles. The van der Waals surface area contributed by atoms with Gasteiger partial charge in [-0.2, -0.15) is 0 Å². The van der Waals surface area contributed by atoms with E-state index in [-0.39, 0.29) is 17.2 Å². The number of hydrogen-bond acceptors (Lipinski definition) is 4. The average Bonchev–Trinajstić information content (AvgIpc) is 2.45. The highest BCUT2D eigenvalue weighted by atomic mass is 16.3. The smallest absolute Gasteiger partial charge is 0.181 e. The molecule has 0 spiro atoms. The SMILES string of the molecule is CN1CCc2c1cc(N)c(O)c2O. The second-order valence-electron chi connectivity index (χ2n) is 3.33. The Labute approximate surface area is 76.2 Å². The van der Waals surface area contributed by atoms with Crippen molar-refractivity contribution in [2.24, 2.45) is 0 Å². The third kappa shape index (κ3) is 0.983. The summed E-state index contributed by atoms with van der Waals surface area (Å²) in [5.74, 6) is -0.270. The maximum absolute atomic E-state index is 9.56. The minimum atomic E-state index is -0.200. The van der Waals surface area contributed by atoms with Gasteiger partial charge in [-0.3, -0.25) is 0 Å². The Balaban J connectivity index is 2.67. The normalized spacial score (nSPS) is 14.7. The van der Waals surface area contributed by atoms with E-state index in [9.17, 15) is 10.2 Å². The summed E-state index contributed by atoms with van der Waals surface area (Å²) in [6, 6.07) is 1.69. The Morgan fingerprint density at radius 1 is 1.38 bits per heavy atom. The van der Waals surface area contributed by atoms with Crippen LogP contribution in [0.1, 0.15) is 5.56 Å². The maximum atomic E-state index is 9.56. The number of fused-ring (bicyclic) bond motifs is 1. The van der Waals surface area contributed by atoms with Crippen LogP contribution in [0.4, 0.5) is 11.4 Å². The van der Waals surface area contributed by atoms with Gasteiger partial charge in [0.1, 0.15) is 0 Å². The molecule has 0 aromatic heterocycles. The second-order valence-corrected chi connectivity index (χ2v) is 3.33. The minimum Gasteiger partial charge on any atom is -0.504 e. The number of phenolic OH excluding ortho intramolecular Hbond substituents is 2. The Hall–Kier alpha value is -1.58. The third-order valence-electron chi connectivity index (χ3n) is 2.49. The fraction of sp³-hybridized carbons (Fsp3) is 0.333. The van der Waals surface area contributed by atoms with E-state index in [0.717, 1.165) is 24.2 Å². The van der Waals surface area contributed by atoms with E-state index in [1.807, 2.05) is 11.9 Å². The zero-order valence-electron chi connectivity index (χ0n) is 7.41. The molecule has 13 heavy (non-hydrogen) atoms. The van der Waals surface area contributed by atoms with Crippen LogP contribution in [0, 0.1) is 0 Å². The summed E-state index contributed by atoms with van der Waals surface area (Å²) >= 11 is 0. The van der Waals surface area contributed by atoms with Crippen molar-refractivity contribution in [3.63, 3.8) is 0 Å². The number of rotatable bonds is 0. The van der Waals surface area contributed by atoms with Gasteiger partial charge >= 0.3 is 0 Å². The number of nitrogen functional groups attached to an aromatic ring is 1. The summed E-state index contributed by atoms with van der Waals surface area (Å²) in [6.45, 7) is 0.853. The zero-order chi connectivity index (χ0) is 9.59. The average molecular weight is 180 g/mol. The number of benzene rings is 1. The number of nitrogens with two attached hydrogens (primary N) is 1. The Kier molecular flexibility index (Phi) is 1.52. The molecule has 70 valence electrons. The largest absolute Gasteiger partial charge is 0.504 e. The quantitative estimate of drug-likeness (QED) is 0.405. The van der Waals surface area contributed by atoms with Crippen LogP contribution in [-0.2, 0) is 6.42 Å². The van der Waals surface area contributed by atoms with E-state index in [2.05, 4.69) is 0 Å². The summed E-state index contributed by atoms with van der Waals surface area (Å²) in [6.07, 6.45) is 0.755. The van der Waals surface area contributed by atoms with E-state index in [4.69, 9.17) is 5.73 Å². The van der Waals surface area contributed by atoms with E-state index in [0.29, 0.717) is 0 Å². The van der Waals surface area contributed by atoms with Crippen molar-refractivity contribution in [3.8, 4) is 11.5 Å². The van der Waals surface area contributed by atoms with Crippen LogP contribution in [-0.4, -0.2) is 23.8 Å². The van der Waals surface area contributed by atoms with Crippen LogP contribution in [0.2, 0.25) is 0 Å². The van der Waals surface area contributed by atoms with Gasteiger partial charge < -0.3 is 20.8 Å². The maximum Gasteiger partial charge on any atom is 0.181 e. The Bertz CT molecular complexity index is 363. The predicted molar refractivity (Wildman–Crippen MR) is 51.2 cm³/mol. The van der Waals surface area contributed by atoms with Crippen molar-refractivity contribution < 1.29 is 10.2 Å². The van der Waals surface area contributed by atoms with Gasteiger partial charge in [-0.05, 0) is 12.5 Å². The topological polar surface area (TPSA) is 69.7 Å². The molecule has 2 rings (SSSR count). The van der Waals surface area contributed by atoms with Crippen LogP contribution < -0.4 is 10.6 Å². The van der Waals surface area contributed by atoms with Crippen molar-refractivity contribution in [1.29, 1.82) is 0 Å². The number of hydrogen-bond donors (Lipinski definition) is 3. The van der Waals surface area contributed by atoms with Gasteiger partial charge in [-0.25, -0.2) is 0 Å². The molecule has 1 aromatic rings. The summed E-state index contributed by atoms with van der Waals surface area (Å²) in [5.41, 5.74) is 7.44. The van der Waals surface area contributed by atoms with Crippen LogP contribution in [0.5, 0.6) is 11.5 Å². The van der Waals surface area contributed by atoms with Gasteiger partial charge in [0, 0.05) is 24.8 Å². The van der Waals surface area contributed by atoms with Crippen LogP contribution in [0.25, 0.3) is 0 Å². The first-order valence-electron chi connectivity index (χ1n) is 4.15. The van der Waals surface area contributed by atoms with Gasteiger partial charge in [0.15, 0.2) is 11.5 Å². The fourth-order valence-electron chi connectivity index (χ4n) is 1.69. The highest BCUT2D eigenvalue weighted by molar-refractivity contribution is 5.75. The lowest BCUT2D eigenvalue weighted by Crippen LogP contribution is -2.12. The lowest BCUT2D eigenvalue weighted by molar-refractivity contribution is 0.402. The van der Waals surface area contributed by atoms with Gasteiger partial charge in [0.2, 0.25) is 0 Å². The molecule has 0 amide bonds. The first-order valence-corrected chi connectivity index (χ1v) is 4.15. The van der Waals surface area contributed by atoms with Crippen molar-refractivity contribution in [2.75, 3.05) is 24.2 Å². The van der Waals surface area contributed by atoms with Crippen molar-refractivity contribution in [1.82, 2.24) is 0 Å². The third-order valence-corrected chi connectivity index (χ3v) is 2.49. The second kappa shape index (κ2) is 2.45. The Morgan fingerprint density at radius 3 is 2.77 bits per heavy atom. The summed E-state index contributed by atoms with van der Waals surface area (Å²) < 4.78 is 0. The van der Waals surface area contributed by atoms with Gasteiger partial charge in [0.25, 0.3) is 0 Å². The Morgan fingerprint density at radius 2 is 2.08 bits per heavy atom. The van der Waals surface area contributed by atoms with Crippen molar-refractivity contribution in [3.05, 3.63) is 11.6 Å². The molecule has 0 atom stereocenters. The number of nitrogens with zero attached hydrogens (tertiary/aromatic N) is 1. The molecule has 4 N–H and O–H groups in total. The van der Waals surface area contributed by atoms with E-state index in [1.165, 1.54) is 0 Å².